The number of carbonyl (C=O) groups is 1. The molecule has 0 saturated carbocycles. The fraction of sp³-hybridized carbons (Fsp3) is 0.455. The zero-order chi connectivity index (χ0) is 18.2. The van der Waals surface area contributed by atoms with Crippen molar-refractivity contribution in [3.63, 3.8) is 0 Å². The highest BCUT2D eigenvalue weighted by atomic mass is 16.2. The van der Waals surface area contributed by atoms with E-state index >= 15 is 0 Å². The Morgan fingerprint density at radius 2 is 1.74 bits per heavy atom. The van der Waals surface area contributed by atoms with E-state index in [1.807, 2.05) is 23.2 Å². The van der Waals surface area contributed by atoms with Gasteiger partial charge in [-0.25, -0.2) is 0 Å². The molecule has 0 radical (unpaired) electrons. The Labute approximate surface area is 160 Å². The van der Waals surface area contributed by atoms with E-state index in [-0.39, 0.29) is 5.91 Å². The molecule has 27 heavy (non-hydrogen) atoms. The fourth-order valence-electron chi connectivity index (χ4n) is 5.11. The first-order valence-corrected chi connectivity index (χ1v) is 10.1. The molecule has 3 aliphatic heterocycles. The number of hydrogen-bond donors (Lipinski definition) is 0. The van der Waals surface area contributed by atoms with Gasteiger partial charge in [-0.1, -0.05) is 24.3 Å². The van der Waals surface area contributed by atoms with E-state index in [9.17, 15) is 4.79 Å². The first-order valence-electron chi connectivity index (χ1n) is 10.1. The number of pyridine rings is 1. The number of anilines is 1. The number of carbonyl (C=O) groups excluding carboxylic acids is 1. The van der Waals surface area contributed by atoms with Gasteiger partial charge in [0.1, 0.15) is 0 Å². The molecule has 1 amide bonds. The summed E-state index contributed by atoms with van der Waals surface area (Å²) >= 11 is 0. The van der Waals surface area contributed by atoms with Gasteiger partial charge >= 0.3 is 0 Å². The van der Waals surface area contributed by atoms with Gasteiger partial charge in [0.05, 0.1) is 12.2 Å². The van der Waals surface area contributed by atoms with Crippen LogP contribution in [0, 0.1) is 0 Å². The molecule has 2 atom stereocenters. The predicted octanol–water partition coefficient (Wildman–Crippen LogP) is 2.32. The smallest absolute Gasteiger partial charge is 0.241 e. The number of nitrogens with zero attached hydrogens (tertiary/aromatic N) is 4. The van der Waals surface area contributed by atoms with Gasteiger partial charge in [-0.15, -0.1) is 0 Å². The van der Waals surface area contributed by atoms with Gasteiger partial charge in [-0.3, -0.25) is 19.6 Å². The summed E-state index contributed by atoms with van der Waals surface area (Å²) in [6.07, 6.45) is 5.16. The molecule has 2 aromatic rings. The molecule has 4 heterocycles. The quantitative estimate of drug-likeness (QED) is 0.837. The predicted molar refractivity (Wildman–Crippen MR) is 106 cm³/mol. The van der Waals surface area contributed by atoms with Crippen LogP contribution in [-0.4, -0.2) is 59.0 Å². The molecule has 2 fully saturated rings. The van der Waals surface area contributed by atoms with Gasteiger partial charge in [0.2, 0.25) is 5.91 Å². The van der Waals surface area contributed by atoms with Crippen LogP contribution in [0.15, 0.2) is 48.7 Å². The Balaban J connectivity index is 1.23. The zero-order valence-electron chi connectivity index (χ0n) is 15.6. The van der Waals surface area contributed by atoms with Crippen molar-refractivity contribution < 1.29 is 4.79 Å². The molecule has 0 bridgehead atoms. The monoisotopic (exact) mass is 362 g/mol. The number of fused-ring (bicyclic) bond motifs is 2. The Morgan fingerprint density at radius 1 is 0.963 bits per heavy atom. The second-order valence-corrected chi connectivity index (χ2v) is 7.90. The minimum atomic E-state index is 0.253. The van der Waals surface area contributed by atoms with Crippen molar-refractivity contribution in [1.29, 1.82) is 0 Å². The molecular weight excluding hydrogens is 336 g/mol. The van der Waals surface area contributed by atoms with Crippen molar-refractivity contribution in [2.24, 2.45) is 0 Å². The molecule has 1 aromatic carbocycles. The standard InChI is InChI=1S/C22H26N4O/c27-22(26-14-8-17-5-1-2-7-19(17)26)16-25-13-10-20-21(25)9-12-24(20)15-18-6-3-4-11-23-18/h1-7,11,20-21H,8-10,12-16H2/t20-,21-/m0/s1. The van der Waals surface area contributed by atoms with E-state index in [1.165, 1.54) is 5.56 Å². The number of para-hydroxylation sites is 1. The molecule has 1 aromatic heterocycles. The number of rotatable bonds is 4. The van der Waals surface area contributed by atoms with Gasteiger partial charge in [0.15, 0.2) is 0 Å². The first-order chi connectivity index (χ1) is 13.3. The van der Waals surface area contributed by atoms with Crippen molar-refractivity contribution in [2.75, 3.05) is 31.1 Å². The third-order valence-corrected chi connectivity index (χ3v) is 6.42. The summed E-state index contributed by atoms with van der Waals surface area (Å²) in [5, 5.41) is 0. The van der Waals surface area contributed by atoms with Gasteiger partial charge < -0.3 is 4.90 Å². The van der Waals surface area contributed by atoms with Crippen LogP contribution in [0.25, 0.3) is 0 Å². The molecule has 0 aliphatic carbocycles. The van der Waals surface area contributed by atoms with E-state index in [1.54, 1.807) is 0 Å². The van der Waals surface area contributed by atoms with E-state index in [0.717, 1.165) is 56.8 Å². The lowest BCUT2D eigenvalue weighted by Crippen LogP contribution is -2.43. The zero-order valence-corrected chi connectivity index (χ0v) is 15.6. The molecule has 140 valence electrons. The number of amides is 1. The van der Waals surface area contributed by atoms with Crippen molar-refractivity contribution in [3.8, 4) is 0 Å². The van der Waals surface area contributed by atoms with Crippen molar-refractivity contribution in [1.82, 2.24) is 14.8 Å². The maximum Gasteiger partial charge on any atom is 0.241 e. The van der Waals surface area contributed by atoms with Crippen LogP contribution in [0.3, 0.4) is 0 Å². The summed E-state index contributed by atoms with van der Waals surface area (Å²) in [7, 11) is 0. The van der Waals surface area contributed by atoms with E-state index in [0.29, 0.717) is 18.6 Å². The number of likely N-dealkylation sites (tertiary alicyclic amines) is 2. The summed E-state index contributed by atoms with van der Waals surface area (Å²) in [5.41, 5.74) is 3.55. The van der Waals surface area contributed by atoms with Crippen LogP contribution in [0.4, 0.5) is 5.69 Å². The molecule has 0 unspecified atom stereocenters. The molecule has 3 aliphatic rings. The number of aromatic nitrogens is 1. The van der Waals surface area contributed by atoms with Crippen LogP contribution < -0.4 is 4.90 Å². The molecule has 2 saturated heterocycles. The van der Waals surface area contributed by atoms with Crippen LogP contribution in [0.2, 0.25) is 0 Å². The normalized spacial score (nSPS) is 25.0. The molecular formula is C22H26N4O. The molecule has 5 heteroatoms. The lowest BCUT2D eigenvalue weighted by atomic mass is 10.1. The maximum absolute atomic E-state index is 13.0. The summed E-state index contributed by atoms with van der Waals surface area (Å²) in [5.74, 6) is 0.253. The van der Waals surface area contributed by atoms with E-state index in [4.69, 9.17) is 0 Å². The largest absolute Gasteiger partial charge is 0.311 e. The SMILES string of the molecule is O=C(CN1CC[C@H]2[C@@H]1CCN2Cc1ccccn1)N1CCc2ccccc21. The number of hydrogen-bond acceptors (Lipinski definition) is 4. The highest BCUT2D eigenvalue weighted by Gasteiger charge is 2.43. The van der Waals surface area contributed by atoms with E-state index in [2.05, 4.69) is 45.1 Å². The lowest BCUT2D eigenvalue weighted by Gasteiger charge is -2.27. The van der Waals surface area contributed by atoms with Crippen molar-refractivity contribution in [3.05, 3.63) is 59.9 Å². The topological polar surface area (TPSA) is 39.7 Å². The Morgan fingerprint density at radius 3 is 2.59 bits per heavy atom. The molecule has 0 spiro atoms. The third kappa shape index (κ3) is 3.15. The van der Waals surface area contributed by atoms with Crippen molar-refractivity contribution >= 4 is 11.6 Å². The summed E-state index contributed by atoms with van der Waals surface area (Å²) in [4.78, 5) is 24.4. The van der Waals surface area contributed by atoms with Gasteiger partial charge in [0.25, 0.3) is 0 Å². The van der Waals surface area contributed by atoms with Crippen LogP contribution in [0.5, 0.6) is 0 Å². The second kappa shape index (κ2) is 7.06. The first kappa shape index (κ1) is 16.9. The summed E-state index contributed by atoms with van der Waals surface area (Å²) < 4.78 is 0. The van der Waals surface area contributed by atoms with Crippen LogP contribution in [-0.2, 0) is 17.8 Å². The van der Waals surface area contributed by atoms with E-state index < -0.39 is 0 Å². The molecule has 5 rings (SSSR count). The molecule has 0 N–H and O–H groups in total. The van der Waals surface area contributed by atoms with Crippen molar-refractivity contribution in [2.45, 2.75) is 37.9 Å². The lowest BCUT2D eigenvalue weighted by molar-refractivity contribution is -0.119. The second-order valence-electron chi connectivity index (χ2n) is 7.90. The average molecular weight is 362 g/mol. The van der Waals surface area contributed by atoms with Gasteiger partial charge in [-0.05, 0) is 43.0 Å². The maximum atomic E-state index is 13.0. The number of benzene rings is 1. The van der Waals surface area contributed by atoms with Crippen LogP contribution >= 0.6 is 0 Å². The molecule has 5 nitrogen and oxygen atoms in total. The van der Waals surface area contributed by atoms with Gasteiger partial charge in [0, 0.05) is 50.1 Å². The highest BCUT2D eigenvalue weighted by molar-refractivity contribution is 5.96. The highest BCUT2D eigenvalue weighted by Crippen LogP contribution is 2.33. The minimum absolute atomic E-state index is 0.253. The fourth-order valence-corrected chi connectivity index (χ4v) is 5.11. The average Bonchev–Trinajstić information content (AvgIpc) is 3.40. The minimum Gasteiger partial charge on any atom is -0.311 e. The summed E-state index contributed by atoms with van der Waals surface area (Å²) in [6, 6.07) is 15.5. The Hall–Kier alpha value is -2.24. The Bertz CT molecular complexity index is 824. The summed E-state index contributed by atoms with van der Waals surface area (Å²) in [6.45, 7) is 4.42. The third-order valence-electron chi connectivity index (χ3n) is 6.42. The Kier molecular flexibility index (Phi) is 4.42. The van der Waals surface area contributed by atoms with Gasteiger partial charge in [-0.2, -0.15) is 0 Å². The van der Waals surface area contributed by atoms with Crippen LogP contribution in [0.1, 0.15) is 24.1 Å².